The third kappa shape index (κ3) is 2.42. The number of hydrogen-bond acceptors (Lipinski definition) is 2. The number of hydrogen-bond donors (Lipinski definition) is 0. The van der Waals surface area contributed by atoms with Gasteiger partial charge in [0.1, 0.15) is 6.07 Å². The van der Waals surface area contributed by atoms with Crippen molar-refractivity contribution in [2.75, 3.05) is 0 Å². The molecule has 1 aromatic carbocycles. The highest BCUT2D eigenvalue weighted by Gasteiger charge is 2.19. The SMILES string of the molecule is N#Cc1ccc2c(cc(C(F)F)n2Cc2ccccn2)c1Cl. The number of fused-ring (bicyclic) bond motifs is 1. The lowest BCUT2D eigenvalue weighted by atomic mass is 10.1. The van der Waals surface area contributed by atoms with Crippen LogP contribution in [0.3, 0.4) is 0 Å². The summed E-state index contributed by atoms with van der Waals surface area (Å²) in [5.74, 6) is 0. The van der Waals surface area contributed by atoms with E-state index in [-0.39, 0.29) is 22.8 Å². The highest BCUT2D eigenvalue weighted by molar-refractivity contribution is 6.36. The van der Waals surface area contributed by atoms with Crippen molar-refractivity contribution < 1.29 is 8.78 Å². The summed E-state index contributed by atoms with van der Waals surface area (Å²) in [6, 6.07) is 11.8. The van der Waals surface area contributed by atoms with Gasteiger partial charge in [-0.2, -0.15) is 5.26 Å². The number of benzene rings is 1. The predicted octanol–water partition coefficient (Wildman–Crippen LogP) is 4.55. The number of nitriles is 1. The van der Waals surface area contributed by atoms with Gasteiger partial charge in [-0.1, -0.05) is 17.7 Å². The zero-order valence-corrected chi connectivity index (χ0v) is 12.1. The van der Waals surface area contributed by atoms with Gasteiger partial charge in [-0.3, -0.25) is 4.98 Å². The number of alkyl halides is 2. The van der Waals surface area contributed by atoms with Crippen molar-refractivity contribution in [2.24, 2.45) is 0 Å². The molecule has 0 spiro atoms. The van der Waals surface area contributed by atoms with Crippen LogP contribution in [0.2, 0.25) is 5.02 Å². The summed E-state index contributed by atoms with van der Waals surface area (Å²) in [7, 11) is 0. The topological polar surface area (TPSA) is 41.6 Å². The Morgan fingerprint density at radius 1 is 1.27 bits per heavy atom. The lowest BCUT2D eigenvalue weighted by Gasteiger charge is -2.10. The van der Waals surface area contributed by atoms with E-state index in [4.69, 9.17) is 16.9 Å². The fourth-order valence-electron chi connectivity index (χ4n) is 2.42. The largest absolute Gasteiger partial charge is 0.334 e. The van der Waals surface area contributed by atoms with Crippen LogP contribution in [0, 0.1) is 11.3 Å². The predicted molar refractivity (Wildman–Crippen MR) is 80.0 cm³/mol. The molecule has 6 heteroatoms. The molecule has 0 aliphatic carbocycles. The van der Waals surface area contributed by atoms with Crippen molar-refractivity contribution in [3.63, 3.8) is 0 Å². The van der Waals surface area contributed by atoms with Crippen LogP contribution in [0.1, 0.15) is 23.4 Å². The maximum atomic E-state index is 13.3. The Hall–Kier alpha value is -2.45. The summed E-state index contributed by atoms with van der Waals surface area (Å²) in [6.45, 7) is 0.215. The Kier molecular flexibility index (Phi) is 3.78. The number of pyridine rings is 1. The van der Waals surface area contributed by atoms with Gasteiger partial charge < -0.3 is 4.57 Å². The van der Waals surface area contributed by atoms with E-state index in [0.29, 0.717) is 16.6 Å². The van der Waals surface area contributed by atoms with Gasteiger partial charge in [0.05, 0.1) is 34.0 Å². The first kappa shape index (κ1) is 14.5. The van der Waals surface area contributed by atoms with Gasteiger partial charge in [-0.05, 0) is 30.3 Å². The quantitative estimate of drug-likeness (QED) is 0.711. The second kappa shape index (κ2) is 5.74. The maximum absolute atomic E-state index is 13.3. The summed E-state index contributed by atoms with van der Waals surface area (Å²) in [6.07, 6.45) is -1.03. The van der Waals surface area contributed by atoms with Crippen molar-refractivity contribution >= 4 is 22.5 Å². The lowest BCUT2D eigenvalue weighted by molar-refractivity contribution is 0.142. The molecule has 0 aliphatic rings. The van der Waals surface area contributed by atoms with Gasteiger partial charge in [0.2, 0.25) is 0 Å². The first-order chi connectivity index (χ1) is 10.6. The lowest BCUT2D eigenvalue weighted by Crippen LogP contribution is -2.05. The summed E-state index contributed by atoms with van der Waals surface area (Å²) in [5.41, 5.74) is 1.36. The molecule has 0 saturated heterocycles. The Balaban J connectivity index is 2.21. The second-order valence-electron chi connectivity index (χ2n) is 4.75. The zero-order valence-electron chi connectivity index (χ0n) is 11.3. The van der Waals surface area contributed by atoms with Gasteiger partial charge >= 0.3 is 0 Å². The highest BCUT2D eigenvalue weighted by Crippen LogP contribution is 2.34. The highest BCUT2D eigenvalue weighted by atomic mass is 35.5. The second-order valence-corrected chi connectivity index (χ2v) is 5.13. The molecule has 2 aromatic heterocycles. The summed E-state index contributed by atoms with van der Waals surface area (Å²) < 4.78 is 28.1. The van der Waals surface area contributed by atoms with Gasteiger partial charge in [0, 0.05) is 11.6 Å². The van der Waals surface area contributed by atoms with E-state index in [0.717, 1.165) is 0 Å². The number of aromatic nitrogens is 2. The molecule has 2 heterocycles. The van der Waals surface area contributed by atoms with E-state index in [1.807, 2.05) is 6.07 Å². The summed E-state index contributed by atoms with van der Waals surface area (Å²) in [5, 5.41) is 9.65. The normalized spacial score (nSPS) is 11.0. The fourth-order valence-corrected chi connectivity index (χ4v) is 2.67. The molecule has 0 bridgehead atoms. The number of halogens is 3. The van der Waals surface area contributed by atoms with Gasteiger partial charge in [0.15, 0.2) is 0 Å². The van der Waals surface area contributed by atoms with Gasteiger partial charge in [0.25, 0.3) is 6.43 Å². The van der Waals surface area contributed by atoms with Crippen LogP contribution in [0.25, 0.3) is 10.9 Å². The average Bonchev–Trinajstić information content (AvgIpc) is 2.89. The van der Waals surface area contributed by atoms with Crippen LogP contribution in [-0.4, -0.2) is 9.55 Å². The van der Waals surface area contributed by atoms with Crippen molar-refractivity contribution in [1.82, 2.24) is 9.55 Å². The molecule has 0 atom stereocenters. The first-order valence-corrected chi connectivity index (χ1v) is 6.89. The van der Waals surface area contributed by atoms with Crippen LogP contribution >= 0.6 is 11.6 Å². The van der Waals surface area contributed by atoms with Crippen LogP contribution < -0.4 is 0 Å². The molecule has 0 amide bonds. The van der Waals surface area contributed by atoms with Gasteiger partial charge in [-0.15, -0.1) is 0 Å². The monoisotopic (exact) mass is 317 g/mol. The molecule has 3 rings (SSSR count). The average molecular weight is 318 g/mol. The Labute approximate surface area is 130 Å². The molecule has 3 aromatic rings. The molecule has 3 nitrogen and oxygen atoms in total. The standard InChI is InChI=1S/C16H10ClF2N3/c17-15-10(8-20)4-5-13-12(15)7-14(16(18)19)22(13)9-11-3-1-2-6-21-11/h1-7,16H,9H2. The van der Waals surface area contributed by atoms with Crippen molar-refractivity contribution in [1.29, 1.82) is 5.26 Å². The Morgan fingerprint density at radius 3 is 2.73 bits per heavy atom. The molecular formula is C16H10ClF2N3. The summed E-state index contributed by atoms with van der Waals surface area (Å²) >= 11 is 6.14. The van der Waals surface area contributed by atoms with Gasteiger partial charge in [-0.25, -0.2) is 8.78 Å². The molecule has 0 aliphatic heterocycles. The number of rotatable bonds is 3. The van der Waals surface area contributed by atoms with E-state index in [1.165, 1.54) is 16.7 Å². The number of nitrogens with zero attached hydrogens (tertiary/aromatic N) is 3. The van der Waals surface area contributed by atoms with E-state index < -0.39 is 6.43 Å². The van der Waals surface area contributed by atoms with E-state index in [1.54, 1.807) is 30.5 Å². The van der Waals surface area contributed by atoms with Crippen LogP contribution in [0.5, 0.6) is 0 Å². The molecule has 0 saturated carbocycles. The minimum absolute atomic E-state index is 0.141. The first-order valence-electron chi connectivity index (χ1n) is 6.51. The van der Waals surface area contributed by atoms with E-state index in [9.17, 15) is 8.78 Å². The van der Waals surface area contributed by atoms with Crippen LogP contribution in [0.15, 0.2) is 42.6 Å². The third-order valence-electron chi connectivity index (χ3n) is 3.44. The molecule has 0 N–H and O–H groups in total. The molecule has 0 radical (unpaired) electrons. The third-order valence-corrected chi connectivity index (χ3v) is 3.85. The molecule has 0 unspecified atom stereocenters. The molecular weight excluding hydrogens is 308 g/mol. The minimum atomic E-state index is -2.64. The van der Waals surface area contributed by atoms with Crippen molar-refractivity contribution in [2.45, 2.75) is 13.0 Å². The smallest absolute Gasteiger partial charge is 0.278 e. The van der Waals surface area contributed by atoms with Crippen LogP contribution in [0.4, 0.5) is 8.78 Å². The van der Waals surface area contributed by atoms with Crippen molar-refractivity contribution in [3.05, 3.63) is 64.6 Å². The van der Waals surface area contributed by atoms with E-state index in [2.05, 4.69) is 4.98 Å². The summed E-state index contributed by atoms with van der Waals surface area (Å²) in [4.78, 5) is 4.17. The van der Waals surface area contributed by atoms with E-state index >= 15 is 0 Å². The Morgan fingerprint density at radius 2 is 2.09 bits per heavy atom. The van der Waals surface area contributed by atoms with Crippen molar-refractivity contribution in [3.8, 4) is 6.07 Å². The minimum Gasteiger partial charge on any atom is -0.334 e. The molecule has 110 valence electrons. The zero-order chi connectivity index (χ0) is 15.7. The Bertz CT molecular complexity index is 866. The molecule has 22 heavy (non-hydrogen) atoms. The fraction of sp³-hybridized carbons (Fsp3) is 0.125. The maximum Gasteiger partial charge on any atom is 0.278 e. The molecule has 0 fully saturated rings. The van der Waals surface area contributed by atoms with Crippen LogP contribution in [-0.2, 0) is 6.54 Å².